The van der Waals surface area contributed by atoms with Gasteiger partial charge in [0, 0.05) is 23.1 Å². The highest BCUT2D eigenvalue weighted by Crippen LogP contribution is 2.33. The zero-order valence-corrected chi connectivity index (χ0v) is 17.9. The summed E-state index contributed by atoms with van der Waals surface area (Å²) in [5, 5.41) is 10.0. The molecule has 2 amide bonds. The Bertz CT molecular complexity index is 1210. The Morgan fingerprint density at radius 1 is 1.03 bits per heavy atom. The van der Waals surface area contributed by atoms with Crippen LogP contribution in [0, 0.1) is 0 Å². The van der Waals surface area contributed by atoms with Crippen molar-refractivity contribution in [2.24, 2.45) is 0 Å². The largest absolute Gasteiger partial charge is 0.382 e. The number of urea groups is 1. The lowest BCUT2D eigenvalue weighted by atomic mass is 10.0. The summed E-state index contributed by atoms with van der Waals surface area (Å²) < 4.78 is 1.76. The van der Waals surface area contributed by atoms with Crippen LogP contribution in [-0.4, -0.2) is 20.6 Å². The number of nitrogens with zero attached hydrogens (tertiary/aromatic N) is 3. The summed E-state index contributed by atoms with van der Waals surface area (Å²) in [6.07, 6.45) is 4.27. The minimum Gasteiger partial charge on any atom is -0.382 e. The summed E-state index contributed by atoms with van der Waals surface area (Å²) in [6.45, 7) is 6.37. The Morgan fingerprint density at radius 3 is 2.23 bits per heavy atom. The molecule has 0 unspecified atom stereocenters. The Morgan fingerprint density at radius 2 is 1.65 bits per heavy atom. The third-order valence-corrected chi connectivity index (χ3v) is 5.33. The predicted molar refractivity (Wildman–Crippen MR) is 125 cm³/mol. The predicted octanol–water partition coefficient (Wildman–Crippen LogP) is 5.31. The number of nitrogen functional groups attached to an aromatic ring is 1. The Labute approximate surface area is 181 Å². The molecule has 0 atom stereocenters. The van der Waals surface area contributed by atoms with Crippen molar-refractivity contribution in [1.29, 1.82) is 0 Å². The molecule has 7 heteroatoms. The first kappa shape index (κ1) is 20.4. The lowest BCUT2D eigenvalue weighted by molar-refractivity contribution is 0.262. The number of aromatic nitrogens is 3. The van der Waals surface area contributed by atoms with E-state index in [2.05, 4.69) is 41.5 Å². The Kier molecular flexibility index (Phi) is 5.58. The number of rotatable bonds is 5. The van der Waals surface area contributed by atoms with E-state index in [-0.39, 0.29) is 6.03 Å². The first-order chi connectivity index (χ1) is 15.0. The summed E-state index contributed by atoms with van der Waals surface area (Å²) in [6, 6.07) is 15.3. The van der Waals surface area contributed by atoms with Gasteiger partial charge in [0.05, 0.1) is 0 Å². The van der Waals surface area contributed by atoms with Crippen molar-refractivity contribution < 1.29 is 4.79 Å². The molecule has 0 aliphatic heterocycles. The van der Waals surface area contributed by atoms with Crippen molar-refractivity contribution >= 4 is 28.7 Å². The van der Waals surface area contributed by atoms with Gasteiger partial charge < -0.3 is 16.4 Å². The zero-order chi connectivity index (χ0) is 22.0. The van der Waals surface area contributed by atoms with Crippen LogP contribution in [0.2, 0.25) is 0 Å². The summed E-state index contributed by atoms with van der Waals surface area (Å²) in [4.78, 5) is 16.5. The molecule has 4 aromatic rings. The maximum absolute atomic E-state index is 12.4. The molecule has 7 nitrogen and oxygen atoms in total. The number of benzene rings is 2. The lowest BCUT2D eigenvalue weighted by Gasteiger charge is -2.10. The van der Waals surface area contributed by atoms with Gasteiger partial charge in [-0.05, 0) is 53.3 Å². The second-order valence-electron chi connectivity index (χ2n) is 7.75. The molecule has 0 saturated heterocycles. The third-order valence-electron chi connectivity index (χ3n) is 5.33. The molecule has 0 aliphatic rings. The number of anilines is 3. The number of hydrogen-bond acceptors (Lipinski definition) is 4. The second-order valence-corrected chi connectivity index (χ2v) is 7.75. The Balaban J connectivity index is 1.51. The van der Waals surface area contributed by atoms with Crippen LogP contribution in [0.25, 0.3) is 16.6 Å². The van der Waals surface area contributed by atoms with Gasteiger partial charge in [0.15, 0.2) is 5.82 Å². The van der Waals surface area contributed by atoms with Crippen molar-refractivity contribution in [3.63, 3.8) is 0 Å². The summed E-state index contributed by atoms with van der Waals surface area (Å²) in [5.74, 6) is 0.893. The van der Waals surface area contributed by atoms with Gasteiger partial charge in [-0.25, -0.2) is 14.3 Å². The fraction of sp³-hybridized carbons (Fsp3) is 0.208. The molecule has 2 aromatic carbocycles. The van der Waals surface area contributed by atoms with Gasteiger partial charge in [0.2, 0.25) is 0 Å². The van der Waals surface area contributed by atoms with Crippen LogP contribution in [0.15, 0.2) is 61.1 Å². The van der Waals surface area contributed by atoms with Crippen molar-refractivity contribution in [2.45, 2.75) is 33.1 Å². The first-order valence-electron chi connectivity index (χ1n) is 10.4. The number of fused-ring (bicyclic) bond motifs is 1. The van der Waals surface area contributed by atoms with E-state index in [0.717, 1.165) is 34.3 Å². The highest BCUT2D eigenvalue weighted by atomic mass is 16.2. The fourth-order valence-corrected chi connectivity index (χ4v) is 3.64. The number of carbonyl (C=O) groups is 1. The monoisotopic (exact) mass is 414 g/mol. The molecule has 31 heavy (non-hydrogen) atoms. The second kappa shape index (κ2) is 8.47. The quantitative estimate of drug-likeness (QED) is 0.412. The summed E-state index contributed by atoms with van der Waals surface area (Å²) in [5.41, 5.74) is 12.7. The van der Waals surface area contributed by atoms with Crippen LogP contribution < -0.4 is 16.4 Å². The number of carbonyl (C=O) groups excluding carboxylic acids is 1. The van der Waals surface area contributed by atoms with Gasteiger partial charge in [0.25, 0.3) is 0 Å². The van der Waals surface area contributed by atoms with E-state index >= 15 is 0 Å². The molecule has 0 spiro atoms. The van der Waals surface area contributed by atoms with Gasteiger partial charge in [-0.2, -0.15) is 5.10 Å². The normalized spacial score (nSPS) is 11.1. The SMILES string of the molecule is CCc1cn2ncnc(N)c2c1-c1ccc(NC(=O)Nc2ccc(C(C)C)cc2)cc1. The van der Waals surface area contributed by atoms with Crippen LogP contribution >= 0.6 is 0 Å². The molecule has 0 aliphatic carbocycles. The zero-order valence-electron chi connectivity index (χ0n) is 17.9. The molecule has 4 rings (SSSR count). The highest BCUT2D eigenvalue weighted by Gasteiger charge is 2.15. The molecule has 0 saturated carbocycles. The standard InChI is InChI=1S/C24H26N6O/c1-4-16-13-30-22(23(25)26-14-27-30)21(16)18-7-11-20(12-8-18)29-24(31)28-19-9-5-17(6-10-19)15(2)3/h5-15H,4H2,1-3H3,(H2,25,26,27)(H2,28,29,31). The molecule has 2 heterocycles. The van der Waals surface area contributed by atoms with E-state index in [0.29, 0.717) is 17.4 Å². The number of hydrogen-bond donors (Lipinski definition) is 3. The molecular formula is C24H26N6O. The third kappa shape index (κ3) is 4.21. The van der Waals surface area contributed by atoms with Crippen LogP contribution in [0.5, 0.6) is 0 Å². The average Bonchev–Trinajstić information content (AvgIpc) is 3.14. The van der Waals surface area contributed by atoms with E-state index in [1.807, 2.05) is 54.7 Å². The molecule has 0 fully saturated rings. The molecule has 2 aromatic heterocycles. The Hall–Kier alpha value is -3.87. The van der Waals surface area contributed by atoms with Crippen molar-refractivity contribution in [1.82, 2.24) is 14.6 Å². The number of aryl methyl sites for hydroxylation is 1. The average molecular weight is 415 g/mol. The number of amides is 2. The lowest BCUT2D eigenvalue weighted by Crippen LogP contribution is -2.19. The van der Waals surface area contributed by atoms with Gasteiger partial charge in [0.1, 0.15) is 11.8 Å². The minimum atomic E-state index is -0.286. The fourth-order valence-electron chi connectivity index (χ4n) is 3.64. The van der Waals surface area contributed by atoms with E-state index in [9.17, 15) is 4.79 Å². The molecule has 0 radical (unpaired) electrons. The van der Waals surface area contributed by atoms with Crippen LogP contribution in [0.1, 0.15) is 37.8 Å². The molecule has 4 N–H and O–H groups in total. The van der Waals surface area contributed by atoms with Gasteiger partial charge in [-0.15, -0.1) is 0 Å². The summed E-state index contributed by atoms with van der Waals surface area (Å²) >= 11 is 0. The number of nitrogens with one attached hydrogen (secondary N) is 2. The molecular weight excluding hydrogens is 388 g/mol. The van der Waals surface area contributed by atoms with E-state index in [1.165, 1.54) is 11.9 Å². The van der Waals surface area contributed by atoms with Gasteiger partial charge in [-0.3, -0.25) is 0 Å². The molecule has 158 valence electrons. The summed E-state index contributed by atoms with van der Waals surface area (Å²) in [7, 11) is 0. The molecule has 0 bridgehead atoms. The van der Waals surface area contributed by atoms with Crippen LogP contribution in [0.4, 0.5) is 22.0 Å². The smallest absolute Gasteiger partial charge is 0.323 e. The maximum Gasteiger partial charge on any atom is 0.323 e. The maximum atomic E-state index is 12.4. The van der Waals surface area contributed by atoms with Crippen molar-refractivity contribution in [2.75, 3.05) is 16.4 Å². The van der Waals surface area contributed by atoms with Crippen molar-refractivity contribution in [3.05, 3.63) is 72.2 Å². The van der Waals surface area contributed by atoms with Crippen molar-refractivity contribution in [3.8, 4) is 11.1 Å². The van der Waals surface area contributed by atoms with E-state index < -0.39 is 0 Å². The number of nitrogens with two attached hydrogens (primary N) is 1. The van der Waals surface area contributed by atoms with Crippen LogP contribution in [0.3, 0.4) is 0 Å². The first-order valence-corrected chi connectivity index (χ1v) is 10.4. The topological polar surface area (TPSA) is 97.3 Å². The van der Waals surface area contributed by atoms with E-state index in [1.54, 1.807) is 4.52 Å². The van der Waals surface area contributed by atoms with Gasteiger partial charge in [-0.1, -0.05) is 45.0 Å². The van der Waals surface area contributed by atoms with E-state index in [4.69, 9.17) is 5.73 Å². The van der Waals surface area contributed by atoms with Gasteiger partial charge >= 0.3 is 6.03 Å². The van der Waals surface area contributed by atoms with Crippen LogP contribution in [-0.2, 0) is 6.42 Å². The minimum absolute atomic E-state index is 0.286. The highest BCUT2D eigenvalue weighted by molar-refractivity contribution is 6.00.